The summed E-state index contributed by atoms with van der Waals surface area (Å²) in [5.74, 6) is 0.320. The van der Waals surface area contributed by atoms with Gasteiger partial charge >= 0.3 is 6.18 Å². The number of rotatable bonds is 7. The zero-order valence-electron chi connectivity index (χ0n) is 9.61. The zero-order valence-corrected chi connectivity index (χ0v) is 9.61. The summed E-state index contributed by atoms with van der Waals surface area (Å²) in [7, 11) is 0. The van der Waals surface area contributed by atoms with Crippen LogP contribution in [0.1, 0.15) is 39.0 Å². The summed E-state index contributed by atoms with van der Waals surface area (Å²) in [6.45, 7) is 3.17. The summed E-state index contributed by atoms with van der Waals surface area (Å²) in [6, 6.07) is 0. The third kappa shape index (κ3) is 11.1. The van der Waals surface area contributed by atoms with Crippen LogP contribution in [0.3, 0.4) is 0 Å². The fourth-order valence-electron chi connectivity index (χ4n) is 1.09. The number of halogens is 3. The van der Waals surface area contributed by atoms with Gasteiger partial charge in [0.05, 0.1) is 0 Å². The van der Waals surface area contributed by atoms with Crippen molar-refractivity contribution in [2.45, 2.75) is 45.2 Å². The first-order valence-electron chi connectivity index (χ1n) is 5.56. The van der Waals surface area contributed by atoms with Crippen LogP contribution < -0.4 is 11.1 Å². The Morgan fingerprint density at radius 1 is 1.25 bits per heavy atom. The minimum absolute atomic E-state index is 0.106. The highest BCUT2D eigenvalue weighted by Crippen LogP contribution is 2.21. The van der Waals surface area contributed by atoms with Crippen molar-refractivity contribution < 1.29 is 13.2 Å². The lowest BCUT2D eigenvalue weighted by atomic mass is 10.2. The van der Waals surface area contributed by atoms with E-state index in [0.29, 0.717) is 18.9 Å². The monoisotopic (exact) mass is 239 g/mol. The average molecular weight is 239 g/mol. The maximum Gasteiger partial charge on any atom is 0.389 e. The summed E-state index contributed by atoms with van der Waals surface area (Å²) in [5, 5.41) is 2.90. The van der Waals surface area contributed by atoms with Crippen molar-refractivity contribution >= 4 is 5.96 Å². The molecule has 0 spiro atoms. The van der Waals surface area contributed by atoms with E-state index >= 15 is 0 Å². The van der Waals surface area contributed by atoms with Crippen LogP contribution in [0.5, 0.6) is 0 Å². The molecule has 0 heterocycles. The van der Waals surface area contributed by atoms with Crippen molar-refractivity contribution in [3.05, 3.63) is 0 Å². The van der Waals surface area contributed by atoms with Gasteiger partial charge in [0.2, 0.25) is 0 Å². The molecule has 0 rings (SSSR count). The summed E-state index contributed by atoms with van der Waals surface area (Å²) in [6.07, 6.45) is -2.22. The molecular formula is C10H20F3N3. The molecule has 0 fully saturated rings. The molecule has 0 aromatic rings. The van der Waals surface area contributed by atoms with Gasteiger partial charge in [-0.2, -0.15) is 13.2 Å². The van der Waals surface area contributed by atoms with Crippen LogP contribution in [0.4, 0.5) is 13.2 Å². The van der Waals surface area contributed by atoms with Crippen LogP contribution in [-0.2, 0) is 0 Å². The quantitative estimate of drug-likeness (QED) is 0.407. The number of hydrogen-bond acceptors (Lipinski definition) is 1. The molecule has 0 radical (unpaired) electrons. The minimum Gasteiger partial charge on any atom is -0.370 e. The first kappa shape index (κ1) is 15.1. The van der Waals surface area contributed by atoms with E-state index in [2.05, 4.69) is 17.2 Å². The topological polar surface area (TPSA) is 50.4 Å². The van der Waals surface area contributed by atoms with E-state index in [9.17, 15) is 13.2 Å². The Hall–Kier alpha value is -0.940. The molecule has 96 valence electrons. The van der Waals surface area contributed by atoms with Gasteiger partial charge in [0.1, 0.15) is 0 Å². The van der Waals surface area contributed by atoms with E-state index in [1.165, 1.54) is 0 Å². The molecule has 0 saturated heterocycles. The second-order valence-corrected chi connectivity index (χ2v) is 3.62. The van der Waals surface area contributed by atoms with Crippen molar-refractivity contribution in [2.24, 2.45) is 10.7 Å². The predicted molar refractivity (Wildman–Crippen MR) is 59.3 cm³/mol. The van der Waals surface area contributed by atoms with Gasteiger partial charge in [-0.25, -0.2) is 0 Å². The van der Waals surface area contributed by atoms with E-state index < -0.39 is 12.6 Å². The predicted octanol–water partition coefficient (Wildman–Crippen LogP) is 2.42. The summed E-state index contributed by atoms with van der Waals surface area (Å²) in [5.41, 5.74) is 5.50. The number of nitrogens with zero attached hydrogens (tertiary/aromatic N) is 1. The SMILES string of the molecule is CCCCNC(N)=NCCCCC(F)(F)F. The van der Waals surface area contributed by atoms with Crippen molar-refractivity contribution in [3.63, 3.8) is 0 Å². The van der Waals surface area contributed by atoms with E-state index in [-0.39, 0.29) is 6.42 Å². The summed E-state index contributed by atoms with van der Waals surface area (Å²) in [4.78, 5) is 3.93. The van der Waals surface area contributed by atoms with Gasteiger partial charge < -0.3 is 11.1 Å². The van der Waals surface area contributed by atoms with Crippen LogP contribution >= 0.6 is 0 Å². The van der Waals surface area contributed by atoms with Crippen LogP contribution in [0, 0.1) is 0 Å². The molecule has 0 atom stereocenters. The Bertz CT molecular complexity index is 202. The highest BCUT2D eigenvalue weighted by molar-refractivity contribution is 5.77. The van der Waals surface area contributed by atoms with Crippen LogP contribution in [0.2, 0.25) is 0 Å². The first-order valence-corrected chi connectivity index (χ1v) is 5.56. The number of alkyl halides is 3. The second kappa shape index (κ2) is 8.24. The number of unbranched alkanes of at least 4 members (excludes halogenated alkanes) is 2. The maximum atomic E-state index is 11.8. The van der Waals surface area contributed by atoms with Gasteiger partial charge in [-0.15, -0.1) is 0 Å². The third-order valence-corrected chi connectivity index (χ3v) is 1.99. The molecule has 0 aliphatic carbocycles. The normalized spacial score (nSPS) is 12.9. The molecule has 0 bridgehead atoms. The number of nitrogens with one attached hydrogen (secondary N) is 1. The Morgan fingerprint density at radius 3 is 2.50 bits per heavy atom. The van der Waals surface area contributed by atoms with Crippen molar-refractivity contribution in [1.82, 2.24) is 5.32 Å². The van der Waals surface area contributed by atoms with E-state index in [1.54, 1.807) is 0 Å². The lowest BCUT2D eigenvalue weighted by Gasteiger charge is -2.05. The van der Waals surface area contributed by atoms with E-state index in [0.717, 1.165) is 19.4 Å². The molecule has 0 unspecified atom stereocenters. The van der Waals surface area contributed by atoms with Crippen LogP contribution in [0.25, 0.3) is 0 Å². The number of hydrogen-bond donors (Lipinski definition) is 2. The van der Waals surface area contributed by atoms with Gasteiger partial charge in [0.15, 0.2) is 5.96 Å². The third-order valence-electron chi connectivity index (χ3n) is 1.99. The number of nitrogens with two attached hydrogens (primary N) is 1. The largest absolute Gasteiger partial charge is 0.389 e. The Labute approximate surface area is 94.3 Å². The summed E-state index contributed by atoms with van der Waals surface area (Å²) >= 11 is 0. The molecule has 16 heavy (non-hydrogen) atoms. The highest BCUT2D eigenvalue weighted by Gasteiger charge is 2.25. The molecule has 0 amide bonds. The average Bonchev–Trinajstić information content (AvgIpc) is 2.16. The van der Waals surface area contributed by atoms with Crippen LogP contribution in [-0.4, -0.2) is 25.2 Å². The van der Waals surface area contributed by atoms with Gasteiger partial charge in [0.25, 0.3) is 0 Å². The Kier molecular flexibility index (Phi) is 7.76. The minimum atomic E-state index is -4.06. The molecule has 0 aliphatic heterocycles. The fourth-order valence-corrected chi connectivity index (χ4v) is 1.09. The van der Waals surface area contributed by atoms with Crippen LogP contribution in [0.15, 0.2) is 4.99 Å². The van der Waals surface area contributed by atoms with Gasteiger partial charge in [-0.3, -0.25) is 4.99 Å². The zero-order chi connectivity index (χ0) is 12.4. The molecule has 0 aromatic heterocycles. The Balaban J connectivity index is 3.44. The molecule has 6 heteroatoms. The molecule has 3 nitrogen and oxygen atoms in total. The molecule has 0 aromatic carbocycles. The summed E-state index contributed by atoms with van der Waals surface area (Å²) < 4.78 is 35.3. The van der Waals surface area contributed by atoms with E-state index in [4.69, 9.17) is 5.73 Å². The maximum absolute atomic E-state index is 11.8. The highest BCUT2D eigenvalue weighted by atomic mass is 19.4. The molecule has 3 N–H and O–H groups in total. The lowest BCUT2D eigenvalue weighted by Crippen LogP contribution is -2.32. The fraction of sp³-hybridized carbons (Fsp3) is 0.900. The van der Waals surface area contributed by atoms with Gasteiger partial charge in [-0.1, -0.05) is 13.3 Å². The molecular weight excluding hydrogens is 219 g/mol. The van der Waals surface area contributed by atoms with E-state index in [1.807, 2.05) is 0 Å². The Morgan fingerprint density at radius 2 is 1.94 bits per heavy atom. The number of aliphatic imine (C=N–C) groups is 1. The van der Waals surface area contributed by atoms with Crippen molar-refractivity contribution in [1.29, 1.82) is 0 Å². The number of guanidine groups is 1. The second-order valence-electron chi connectivity index (χ2n) is 3.62. The molecule has 0 saturated carbocycles. The smallest absolute Gasteiger partial charge is 0.370 e. The molecule has 0 aliphatic rings. The standard InChI is InChI=1S/C10H20F3N3/c1-2-3-7-15-9(14)16-8-5-4-6-10(11,12)13/h2-8H2,1H3,(H3,14,15,16). The van der Waals surface area contributed by atoms with Crippen molar-refractivity contribution in [2.75, 3.05) is 13.1 Å². The van der Waals surface area contributed by atoms with Gasteiger partial charge in [0, 0.05) is 19.5 Å². The lowest BCUT2D eigenvalue weighted by molar-refractivity contribution is -0.135. The first-order chi connectivity index (χ1) is 7.45. The van der Waals surface area contributed by atoms with Crippen molar-refractivity contribution in [3.8, 4) is 0 Å². The van der Waals surface area contributed by atoms with Gasteiger partial charge in [-0.05, 0) is 19.3 Å².